The van der Waals surface area contributed by atoms with Gasteiger partial charge in [0, 0.05) is 37.4 Å². The lowest BCUT2D eigenvalue weighted by Crippen LogP contribution is -2.61. The summed E-state index contributed by atoms with van der Waals surface area (Å²) in [5.41, 5.74) is 2.89. The summed E-state index contributed by atoms with van der Waals surface area (Å²) >= 11 is 0. The van der Waals surface area contributed by atoms with E-state index in [9.17, 15) is 9.59 Å². The van der Waals surface area contributed by atoms with Gasteiger partial charge in [-0.2, -0.15) is 5.26 Å². The second kappa shape index (κ2) is 5.81. The molecule has 2 aromatic heterocycles. The third-order valence-electron chi connectivity index (χ3n) is 5.59. The third-order valence-corrected chi connectivity index (χ3v) is 5.59. The quantitative estimate of drug-likeness (QED) is 0.883. The van der Waals surface area contributed by atoms with Crippen LogP contribution in [0.5, 0.6) is 0 Å². The van der Waals surface area contributed by atoms with Crippen LogP contribution in [0.25, 0.3) is 11.0 Å². The molecular formula is C20H23N5O2. The number of nitriles is 1. The lowest BCUT2D eigenvalue weighted by atomic mass is 9.82. The third kappa shape index (κ3) is 2.59. The number of carbonyl (C=O) groups excluding carboxylic acids is 2. The van der Waals surface area contributed by atoms with E-state index in [1.165, 1.54) is 0 Å². The fourth-order valence-corrected chi connectivity index (χ4v) is 4.12. The van der Waals surface area contributed by atoms with Crippen LogP contribution in [0.4, 0.5) is 0 Å². The smallest absolute Gasteiger partial charge is 0.257 e. The number of aromatic nitrogens is 2. The highest BCUT2D eigenvalue weighted by atomic mass is 16.2. The van der Waals surface area contributed by atoms with Crippen molar-refractivity contribution in [2.75, 3.05) is 13.1 Å². The molecule has 0 saturated carbocycles. The maximum atomic E-state index is 13.3. The van der Waals surface area contributed by atoms with Crippen molar-refractivity contribution in [3.63, 3.8) is 0 Å². The number of H-pyrrole nitrogens is 1. The molecule has 2 aromatic rings. The molecule has 1 fully saturated rings. The molecule has 7 heteroatoms. The van der Waals surface area contributed by atoms with E-state index in [2.05, 4.69) is 16.0 Å². The Hall–Kier alpha value is -2.88. The van der Waals surface area contributed by atoms with Gasteiger partial charge in [-0.3, -0.25) is 9.59 Å². The van der Waals surface area contributed by atoms with E-state index >= 15 is 0 Å². The Labute approximate surface area is 158 Å². The topological polar surface area (TPSA) is 93.1 Å². The fourth-order valence-electron chi connectivity index (χ4n) is 4.12. The Morgan fingerprint density at radius 2 is 2.11 bits per heavy atom. The van der Waals surface area contributed by atoms with Crippen molar-refractivity contribution in [3.8, 4) is 6.07 Å². The van der Waals surface area contributed by atoms with Crippen molar-refractivity contribution in [2.24, 2.45) is 11.3 Å². The number of pyridine rings is 1. The first-order valence-electron chi connectivity index (χ1n) is 9.17. The van der Waals surface area contributed by atoms with Crippen molar-refractivity contribution in [1.29, 1.82) is 5.26 Å². The lowest BCUT2D eigenvalue weighted by Gasteiger charge is -2.46. The van der Waals surface area contributed by atoms with Gasteiger partial charge in [0.25, 0.3) is 5.91 Å². The normalized spacial score (nSPS) is 18.4. The van der Waals surface area contributed by atoms with Crippen molar-refractivity contribution >= 4 is 22.8 Å². The predicted molar refractivity (Wildman–Crippen MR) is 99.6 cm³/mol. The number of hydrogen-bond donors (Lipinski definition) is 1. The summed E-state index contributed by atoms with van der Waals surface area (Å²) in [5.74, 6) is -0.332. The number of aromatic amines is 1. The Kier molecular flexibility index (Phi) is 3.77. The summed E-state index contributed by atoms with van der Waals surface area (Å²) in [5, 5.41) is 9.88. The van der Waals surface area contributed by atoms with Crippen molar-refractivity contribution in [1.82, 2.24) is 19.8 Å². The SMILES string of the molecule is Cc1cnc2[nH]cc3c2c1CN(C(C(=O)N1CC(C#N)C1)C(C)(C)C)C3=O. The fraction of sp³-hybridized carbons (Fsp3) is 0.500. The van der Waals surface area contributed by atoms with E-state index in [1.54, 1.807) is 22.2 Å². The van der Waals surface area contributed by atoms with Crippen LogP contribution in [0.3, 0.4) is 0 Å². The molecule has 27 heavy (non-hydrogen) atoms. The monoisotopic (exact) mass is 365 g/mol. The second-order valence-electron chi connectivity index (χ2n) is 8.62. The molecule has 1 unspecified atom stereocenters. The Morgan fingerprint density at radius 3 is 2.74 bits per heavy atom. The first-order chi connectivity index (χ1) is 12.7. The van der Waals surface area contributed by atoms with Crippen LogP contribution in [0, 0.1) is 29.6 Å². The highest BCUT2D eigenvalue weighted by molar-refractivity contribution is 6.10. The average molecular weight is 365 g/mol. The highest BCUT2D eigenvalue weighted by Crippen LogP contribution is 2.36. The number of amides is 2. The van der Waals surface area contributed by atoms with Gasteiger partial charge < -0.3 is 14.8 Å². The highest BCUT2D eigenvalue weighted by Gasteiger charge is 2.46. The van der Waals surface area contributed by atoms with Gasteiger partial charge in [-0.1, -0.05) is 20.8 Å². The molecule has 1 atom stereocenters. The number of aryl methyl sites for hydroxylation is 1. The minimum Gasteiger partial charge on any atom is -0.345 e. The van der Waals surface area contributed by atoms with Gasteiger partial charge in [0.2, 0.25) is 5.91 Å². The number of rotatable bonds is 2. The number of likely N-dealkylation sites (tertiary alicyclic amines) is 1. The first kappa shape index (κ1) is 17.5. The molecule has 2 aliphatic heterocycles. The average Bonchev–Trinajstić information content (AvgIpc) is 2.97. The molecule has 7 nitrogen and oxygen atoms in total. The van der Waals surface area contributed by atoms with Gasteiger partial charge >= 0.3 is 0 Å². The van der Waals surface area contributed by atoms with Gasteiger partial charge in [0.1, 0.15) is 11.7 Å². The zero-order valence-corrected chi connectivity index (χ0v) is 16.0. The van der Waals surface area contributed by atoms with Gasteiger partial charge in [-0.05, 0) is 23.5 Å². The Balaban J connectivity index is 1.74. The summed E-state index contributed by atoms with van der Waals surface area (Å²) < 4.78 is 0. The molecule has 4 heterocycles. The van der Waals surface area contributed by atoms with Crippen LogP contribution in [0.2, 0.25) is 0 Å². The van der Waals surface area contributed by atoms with Crippen LogP contribution >= 0.6 is 0 Å². The summed E-state index contributed by atoms with van der Waals surface area (Å²) in [6.45, 7) is 9.19. The minimum absolute atomic E-state index is 0.0794. The molecule has 0 aliphatic carbocycles. The van der Waals surface area contributed by atoms with Crippen LogP contribution in [0.1, 0.15) is 42.3 Å². The summed E-state index contributed by atoms with van der Waals surface area (Å²) in [6.07, 6.45) is 3.49. The van der Waals surface area contributed by atoms with E-state index in [0.29, 0.717) is 30.8 Å². The predicted octanol–water partition coefficient (Wildman–Crippen LogP) is 2.22. The first-order valence-corrected chi connectivity index (χ1v) is 9.17. The van der Waals surface area contributed by atoms with Gasteiger partial charge in [-0.25, -0.2) is 4.98 Å². The van der Waals surface area contributed by atoms with E-state index in [0.717, 1.165) is 16.5 Å². The van der Waals surface area contributed by atoms with Crippen LogP contribution in [-0.4, -0.2) is 50.7 Å². The number of nitrogens with zero attached hydrogens (tertiary/aromatic N) is 4. The second-order valence-corrected chi connectivity index (χ2v) is 8.62. The molecule has 0 radical (unpaired) electrons. The zero-order chi connectivity index (χ0) is 19.5. The maximum Gasteiger partial charge on any atom is 0.257 e. The lowest BCUT2D eigenvalue weighted by molar-refractivity contribution is -0.145. The molecule has 4 rings (SSSR count). The molecule has 1 N–H and O–H groups in total. The number of nitrogens with one attached hydrogen (secondary N) is 1. The van der Waals surface area contributed by atoms with Crippen LogP contribution in [-0.2, 0) is 11.3 Å². The van der Waals surface area contributed by atoms with E-state index in [1.807, 2.05) is 27.7 Å². The Morgan fingerprint density at radius 1 is 1.41 bits per heavy atom. The van der Waals surface area contributed by atoms with Gasteiger partial charge in [0.15, 0.2) is 0 Å². The molecule has 0 spiro atoms. The molecular weight excluding hydrogens is 342 g/mol. The minimum atomic E-state index is -0.588. The summed E-state index contributed by atoms with van der Waals surface area (Å²) in [6, 6.07) is 1.61. The number of hydrogen-bond acceptors (Lipinski definition) is 4. The largest absolute Gasteiger partial charge is 0.345 e. The summed E-state index contributed by atoms with van der Waals surface area (Å²) in [4.78, 5) is 37.4. The van der Waals surface area contributed by atoms with Gasteiger partial charge in [-0.15, -0.1) is 0 Å². The standard InChI is InChI=1S/C20H23N5O2/c1-11-6-22-17-15-13(7-23-17)18(26)25(10-14(11)15)16(20(2,3)4)19(27)24-8-12(5-21)9-24/h6-7,12,16H,8-10H2,1-4H3,(H,22,23). The molecule has 140 valence electrons. The van der Waals surface area contributed by atoms with Crippen molar-refractivity contribution < 1.29 is 9.59 Å². The number of carbonyl (C=O) groups is 2. The maximum absolute atomic E-state index is 13.3. The van der Waals surface area contributed by atoms with Crippen molar-refractivity contribution in [3.05, 3.63) is 29.1 Å². The van der Waals surface area contributed by atoms with Gasteiger partial charge in [0.05, 0.1) is 17.6 Å². The molecule has 0 aromatic carbocycles. The van der Waals surface area contributed by atoms with E-state index < -0.39 is 11.5 Å². The zero-order valence-electron chi connectivity index (χ0n) is 16.0. The van der Waals surface area contributed by atoms with Crippen LogP contribution in [0.15, 0.2) is 12.4 Å². The molecule has 2 aliphatic rings. The van der Waals surface area contributed by atoms with E-state index in [4.69, 9.17) is 5.26 Å². The summed E-state index contributed by atoms with van der Waals surface area (Å²) in [7, 11) is 0. The van der Waals surface area contributed by atoms with E-state index in [-0.39, 0.29) is 17.7 Å². The van der Waals surface area contributed by atoms with Crippen molar-refractivity contribution in [2.45, 2.75) is 40.3 Å². The molecule has 0 bridgehead atoms. The molecule has 1 saturated heterocycles. The molecule has 2 amide bonds. The van der Waals surface area contributed by atoms with Crippen LogP contribution < -0.4 is 0 Å². The Bertz CT molecular complexity index is 988.